The lowest BCUT2D eigenvalue weighted by Crippen LogP contribution is -2.33. The van der Waals surface area contributed by atoms with Crippen molar-refractivity contribution in [2.45, 2.75) is 0 Å². The van der Waals surface area contributed by atoms with Crippen molar-refractivity contribution >= 4 is 62.5 Å². The van der Waals surface area contributed by atoms with Crippen LogP contribution in [0.15, 0.2) is 21.5 Å². The van der Waals surface area contributed by atoms with Gasteiger partial charge in [-0.1, -0.05) is 11.6 Å². The molecule has 116 valence electrons. The molecule has 1 fully saturated rings. The molecule has 1 heterocycles. The van der Waals surface area contributed by atoms with E-state index in [9.17, 15) is 14.4 Å². The van der Waals surface area contributed by atoms with Crippen LogP contribution in [-0.2, 0) is 9.59 Å². The van der Waals surface area contributed by atoms with Crippen LogP contribution in [0.3, 0.4) is 0 Å². The Bertz CT molecular complexity index is 683. The molecule has 2 rings (SSSR count). The van der Waals surface area contributed by atoms with Crippen molar-refractivity contribution < 1.29 is 24.2 Å². The average molecular weight is 407 g/mol. The SMILES string of the molecule is COc1c(Cl)cc(/C=C2/SC(=O)N(CC(=O)O)C2=O)cc1Br. The van der Waals surface area contributed by atoms with Crippen molar-refractivity contribution in [3.8, 4) is 5.75 Å². The van der Waals surface area contributed by atoms with Crippen LogP contribution in [-0.4, -0.2) is 40.8 Å². The second-order valence-electron chi connectivity index (χ2n) is 4.18. The summed E-state index contributed by atoms with van der Waals surface area (Å²) >= 11 is 10.0. The second-order valence-corrected chi connectivity index (χ2v) is 6.43. The summed E-state index contributed by atoms with van der Waals surface area (Å²) in [7, 11) is 1.48. The first-order chi connectivity index (χ1) is 10.3. The van der Waals surface area contributed by atoms with E-state index in [1.54, 1.807) is 12.1 Å². The van der Waals surface area contributed by atoms with E-state index in [2.05, 4.69) is 15.9 Å². The van der Waals surface area contributed by atoms with Gasteiger partial charge in [0.15, 0.2) is 5.75 Å². The molecule has 0 spiro atoms. The van der Waals surface area contributed by atoms with E-state index in [0.717, 1.165) is 0 Å². The number of aliphatic carboxylic acids is 1. The van der Waals surface area contributed by atoms with Gasteiger partial charge in [-0.3, -0.25) is 19.3 Å². The fraction of sp³-hybridized carbons (Fsp3) is 0.154. The molecule has 1 N–H and O–H groups in total. The molecular weight excluding hydrogens is 398 g/mol. The zero-order valence-corrected chi connectivity index (χ0v) is 14.3. The maximum atomic E-state index is 12.0. The molecule has 1 aromatic carbocycles. The standard InChI is InChI=1S/C13H9BrClNO5S/c1-21-11-7(14)2-6(3-8(11)15)4-9-12(19)16(5-10(17)18)13(20)22-9/h2-4H,5H2,1H3,(H,17,18)/b9-4+. The minimum atomic E-state index is -1.25. The molecule has 6 nitrogen and oxygen atoms in total. The van der Waals surface area contributed by atoms with Crippen LogP contribution in [0, 0.1) is 0 Å². The summed E-state index contributed by atoms with van der Waals surface area (Å²) in [4.78, 5) is 35.2. The van der Waals surface area contributed by atoms with Gasteiger partial charge < -0.3 is 9.84 Å². The molecule has 0 aliphatic carbocycles. The monoisotopic (exact) mass is 405 g/mol. The molecule has 0 bridgehead atoms. The Morgan fingerprint density at radius 1 is 1.50 bits per heavy atom. The fourth-order valence-electron chi connectivity index (χ4n) is 1.78. The predicted molar refractivity (Wildman–Crippen MR) is 86.0 cm³/mol. The molecular formula is C13H9BrClNO5S. The minimum Gasteiger partial charge on any atom is -0.494 e. The highest BCUT2D eigenvalue weighted by atomic mass is 79.9. The number of methoxy groups -OCH3 is 1. The highest BCUT2D eigenvalue weighted by molar-refractivity contribution is 9.10. The summed E-state index contributed by atoms with van der Waals surface area (Å²) in [6.45, 7) is -0.658. The van der Waals surface area contributed by atoms with Crippen molar-refractivity contribution in [3.63, 3.8) is 0 Å². The molecule has 1 aliphatic heterocycles. The van der Waals surface area contributed by atoms with Crippen LogP contribution in [0.25, 0.3) is 6.08 Å². The summed E-state index contributed by atoms with van der Waals surface area (Å²) < 4.78 is 5.70. The number of carboxylic acids is 1. The lowest BCUT2D eigenvalue weighted by atomic mass is 10.2. The van der Waals surface area contributed by atoms with E-state index < -0.39 is 23.7 Å². The van der Waals surface area contributed by atoms with Gasteiger partial charge in [0.25, 0.3) is 11.1 Å². The smallest absolute Gasteiger partial charge is 0.323 e. The Kier molecular flexibility index (Phi) is 5.15. The third-order valence-corrected chi connectivity index (χ3v) is 4.47. The summed E-state index contributed by atoms with van der Waals surface area (Å²) in [5.41, 5.74) is 0.582. The van der Waals surface area contributed by atoms with Gasteiger partial charge in [-0.25, -0.2) is 0 Å². The first-order valence-corrected chi connectivity index (χ1v) is 7.82. The van der Waals surface area contributed by atoms with Gasteiger partial charge in [0.05, 0.1) is 21.5 Å². The zero-order chi connectivity index (χ0) is 16.4. The molecule has 22 heavy (non-hydrogen) atoms. The highest BCUT2D eigenvalue weighted by Gasteiger charge is 2.36. The third kappa shape index (κ3) is 3.45. The highest BCUT2D eigenvalue weighted by Crippen LogP contribution is 2.37. The quantitative estimate of drug-likeness (QED) is 0.773. The number of rotatable bonds is 4. The molecule has 1 aliphatic rings. The van der Waals surface area contributed by atoms with Crippen molar-refractivity contribution in [1.29, 1.82) is 0 Å². The van der Waals surface area contributed by atoms with Crippen LogP contribution >= 0.6 is 39.3 Å². The van der Waals surface area contributed by atoms with E-state index in [1.807, 2.05) is 0 Å². The van der Waals surface area contributed by atoms with Crippen LogP contribution in [0.1, 0.15) is 5.56 Å². The number of nitrogens with zero attached hydrogens (tertiary/aromatic N) is 1. The first kappa shape index (κ1) is 16.9. The van der Waals surface area contributed by atoms with Crippen molar-refractivity contribution in [2.75, 3.05) is 13.7 Å². The number of thioether (sulfide) groups is 1. The van der Waals surface area contributed by atoms with Gasteiger partial charge in [-0.2, -0.15) is 0 Å². The van der Waals surface area contributed by atoms with Crippen LogP contribution in [0.4, 0.5) is 4.79 Å². The molecule has 2 amide bonds. The summed E-state index contributed by atoms with van der Waals surface area (Å²) in [5, 5.41) is 8.43. The minimum absolute atomic E-state index is 0.138. The van der Waals surface area contributed by atoms with Crippen LogP contribution < -0.4 is 4.74 Å². The maximum absolute atomic E-state index is 12.0. The normalized spacial score (nSPS) is 16.5. The number of carboxylic acid groups (broad SMARTS) is 1. The predicted octanol–water partition coefficient (Wildman–Crippen LogP) is 3.23. The third-order valence-electron chi connectivity index (χ3n) is 2.69. The molecule has 1 saturated heterocycles. The average Bonchev–Trinajstić information content (AvgIpc) is 2.66. The molecule has 1 aromatic rings. The lowest BCUT2D eigenvalue weighted by molar-refractivity contribution is -0.140. The van der Waals surface area contributed by atoms with Gasteiger partial charge in [0.1, 0.15) is 6.54 Å². The summed E-state index contributed by atoms with van der Waals surface area (Å²) in [5.74, 6) is -1.43. The lowest BCUT2D eigenvalue weighted by Gasteiger charge is -2.08. The number of ether oxygens (including phenoxy) is 1. The number of imide groups is 1. The van der Waals surface area contributed by atoms with Crippen molar-refractivity contribution in [3.05, 3.63) is 32.1 Å². The number of hydrogen-bond donors (Lipinski definition) is 1. The number of benzene rings is 1. The Morgan fingerprint density at radius 2 is 2.18 bits per heavy atom. The van der Waals surface area contributed by atoms with Gasteiger partial charge in [-0.05, 0) is 51.5 Å². The number of amides is 2. The van der Waals surface area contributed by atoms with Gasteiger partial charge in [-0.15, -0.1) is 0 Å². The van der Waals surface area contributed by atoms with Gasteiger partial charge >= 0.3 is 5.97 Å². The molecule has 9 heteroatoms. The molecule has 0 saturated carbocycles. The van der Waals surface area contributed by atoms with E-state index >= 15 is 0 Å². The first-order valence-electron chi connectivity index (χ1n) is 5.83. The Labute approximate surface area is 143 Å². The Hall–Kier alpha value is -1.51. The fourth-order valence-corrected chi connectivity index (χ4v) is 3.68. The van der Waals surface area contributed by atoms with E-state index in [-0.39, 0.29) is 4.91 Å². The zero-order valence-electron chi connectivity index (χ0n) is 11.1. The van der Waals surface area contributed by atoms with Gasteiger partial charge in [0, 0.05) is 0 Å². The number of carbonyl (C=O) groups excluding carboxylic acids is 2. The second kappa shape index (κ2) is 6.72. The maximum Gasteiger partial charge on any atom is 0.323 e. The number of halogens is 2. The molecule has 0 radical (unpaired) electrons. The van der Waals surface area contributed by atoms with Crippen LogP contribution in [0.2, 0.25) is 5.02 Å². The van der Waals surface area contributed by atoms with Crippen molar-refractivity contribution in [2.24, 2.45) is 0 Å². The van der Waals surface area contributed by atoms with Gasteiger partial charge in [0.2, 0.25) is 0 Å². The number of hydrogen-bond acceptors (Lipinski definition) is 5. The van der Waals surface area contributed by atoms with E-state index in [4.69, 9.17) is 21.4 Å². The van der Waals surface area contributed by atoms with E-state index in [0.29, 0.717) is 37.5 Å². The largest absolute Gasteiger partial charge is 0.494 e. The summed E-state index contributed by atoms with van der Waals surface area (Å²) in [6, 6.07) is 3.26. The van der Waals surface area contributed by atoms with Crippen molar-refractivity contribution in [1.82, 2.24) is 4.90 Å². The molecule has 0 aromatic heterocycles. The topological polar surface area (TPSA) is 83.9 Å². The molecule has 0 unspecified atom stereocenters. The molecule has 0 atom stereocenters. The van der Waals surface area contributed by atoms with Crippen LogP contribution in [0.5, 0.6) is 5.75 Å². The Balaban J connectivity index is 2.33. The van der Waals surface area contributed by atoms with E-state index in [1.165, 1.54) is 13.2 Å². The number of carbonyl (C=O) groups is 3. The Morgan fingerprint density at radius 3 is 2.73 bits per heavy atom. The summed E-state index contributed by atoms with van der Waals surface area (Å²) in [6.07, 6.45) is 1.48.